The van der Waals surface area contributed by atoms with Crippen LogP contribution in [-0.2, 0) is 11.3 Å². The lowest BCUT2D eigenvalue weighted by Crippen LogP contribution is -2.32. The Bertz CT molecular complexity index is 325. The number of ether oxygens (including phenoxy) is 1. The molecule has 0 aliphatic carbocycles. The van der Waals surface area contributed by atoms with Crippen LogP contribution in [0.4, 0.5) is 0 Å². The van der Waals surface area contributed by atoms with Crippen LogP contribution in [0, 0.1) is 0 Å². The van der Waals surface area contributed by atoms with Crippen LogP contribution in [0.3, 0.4) is 0 Å². The Balaban J connectivity index is 2.50. The molecule has 1 aromatic heterocycles. The van der Waals surface area contributed by atoms with Gasteiger partial charge in [-0.3, -0.25) is 4.90 Å². The predicted octanol–water partition coefficient (Wildman–Crippen LogP) is 0.903. The number of aromatic nitrogens is 2. The molecule has 1 unspecified atom stereocenters. The smallest absolute Gasteiger partial charge is 0.123 e. The van der Waals surface area contributed by atoms with Crippen LogP contribution in [0.1, 0.15) is 25.7 Å². The second kappa shape index (κ2) is 6.74. The molecule has 98 valence electrons. The third-order valence-electron chi connectivity index (χ3n) is 2.60. The minimum atomic E-state index is -0.451. The first-order valence-corrected chi connectivity index (χ1v) is 5.91. The highest BCUT2D eigenvalue weighted by Crippen LogP contribution is 2.09. The van der Waals surface area contributed by atoms with Crippen molar-refractivity contribution in [3.63, 3.8) is 0 Å². The molecule has 1 rings (SSSR count). The highest BCUT2D eigenvalue weighted by molar-refractivity contribution is 4.94. The molecular weight excluding hydrogens is 218 g/mol. The van der Waals surface area contributed by atoms with Gasteiger partial charge in [0, 0.05) is 32.1 Å². The van der Waals surface area contributed by atoms with Crippen LogP contribution in [-0.4, -0.2) is 53.0 Å². The Morgan fingerprint density at radius 1 is 1.53 bits per heavy atom. The second-order valence-corrected chi connectivity index (χ2v) is 4.65. The first-order chi connectivity index (χ1) is 8.04. The van der Waals surface area contributed by atoms with Crippen molar-refractivity contribution < 1.29 is 9.84 Å². The molecule has 0 radical (unpaired) electrons. The molecule has 0 fully saturated rings. The zero-order chi connectivity index (χ0) is 12.8. The minimum absolute atomic E-state index is 0.364. The lowest BCUT2D eigenvalue weighted by Gasteiger charge is -2.21. The first-order valence-electron chi connectivity index (χ1n) is 5.91. The fraction of sp³-hybridized carbons (Fsp3) is 0.750. The van der Waals surface area contributed by atoms with E-state index in [2.05, 4.69) is 23.4 Å². The molecule has 0 saturated heterocycles. The molecule has 0 saturated carbocycles. The summed E-state index contributed by atoms with van der Waals surface area (Å²) >= 11 is 0. The topological polar surface area (TPSA) is 50.5 Å². The van der Waals surface area contributed by atoms with E-state index in [0.717, 1.165) is 12.4 Å². The average molecular weight is 241 g/mol. The van der Waals surface area contributed by atoms with Crippen molar-refractivity contribution in [3.8, 4) is 0 Å². The van der Waals surface area contributed by atoms with Crippen LogP contribution < -0.4 is 0 Å². The minimum Gasteiger partial charge on any atom is -0.389 e. The zero-order valence-electron chi connectivity index (χ0n) is 11.1. The van der Waals surface area contributed by atoms with Gasteiger partial charge in [-0.25, -0.2) is 4.98 Å². The summed E-state index contributed by atoms with van der Waals surface area (Å²) in [6.07, 6.45) is 3.35. The fourth-order valence-electron chi connectivity index (χ4n) is 1.85. The van der Waals surface area contributed by atoms with Crippen LogP contribution >= 0.6 is 0 Å². The number of methoxy groups -OCH3 is 1. The SMILES string of the molecule is COCC(O)CN(C)Cc1nccn1C(C)C. The van der Waals surface area contributed by atoms with Gasteiger partial charge in [-0.15, -0.1) is 0 Å². The lowest BCUT2D eigenvalue weighted by atomic mass is 10.3. The van der Waals surface area contributed by atoms with E-state index >= 15 is 0 Å². The second-order valence-electron chi connectivity index (χ2n) is 4.65. The van der Waals surface area contributed by atoms with Crippen molar-refractivity contribution in [1.82, 2.24) is 14.5 Å². The summed E-state index contributed by atoms with van der Waals surface area (Å²) < 4.78 is 7.04. The molecule has 1 atom stereocenters. The van der Waals surface area contributed by atoms with E-state index in [-0.39, 0.29) is 0 Å². The van der Waals surface area contributed by atoms with Crippen LogP contribution in [0.2, 0.25) is 0 Å². The molecule has 17 heavy (non-hydrogen) atoms. The molecule has 0 aliphatic heterocycles. The van der Waals surface area contributed by atoms with Gasteiger partial charge in [0.2, 0.25) is 0 Å². The summed E-state index contributed by atoms with van der Waals surface area (Å²) in [4.78, 5) is 6.39. The van der Waals surface area contributed by atoms with E-state index < -0.39 is 6.10 Å². The van der Waals surface area contributed by atoms with E-state index in [0.29, 0.717) is 19.2 Å². The number of nitrogens with zero attached hydrogens (tertiary/aromatic N) is 3. The Morgan fingerprint density at radius 2 is 2.24 bits per heavy atom. The molecule has 0 aliphatic rings. The summed E-state index contributed by atoms with van der Waals surface area (Å²) in [5, 5.41) is 9.63. The van der Waals surface area contributed by atoms with Crippen molar-refractivity contribution in [2.24, 2.45) is 0 Å². The Labute approximate surface area is 103 Å². The largest absolute Gasteiger partial charge is 0.389 e. The van der Waals surface area contributed by atoms with Gasteiger partial charge < -0.3 is 14.4 Å². The third-order valence-corrected chi connectivity index (χ3v) is 2.60. The number of aliphatic hydroxyl groups is 1. The Kier molecular flexibility index (Phi) is 5.61. The summed E-state index contributed by atoms with van der Waals surface area (Å²) in [6.45, 7) is 5.93. The van der Waals surface area contributed by atoms with Crippen LogP contribution in [0.15, 0.2) is 12.4 Å². The average Bonchev–Trinajstić information content (AvgIpc) is 2.65. The third kappa shape index (κ3) is 4.46. The van der Waals surface area contributed by atoms with E-state index in [1.165, 1.54) is 0 Å². The number of aliphatic hydroxyl groups excluding tert-OH is 1. The van der Waals surface area contributed by atoms with Crippen molar-refractivity contribution >= 4 is 0 Å². The van der Waals surface area contributed by atoms with Gasteiger partial charge >= 0.3 is 0 Å². The maximum absolute atomic E-state index is 9.63. The molecular formula is C12H23N3O2. The van der Waals surface area contributed by atoms with Gasteiger partial charge in [-0.1, -0.05) is 0 Å². The molecule has 0 amide bonds. The Morgan fingerprint density at radius 3 is 2.82 bits per heavy atom. The van der Waals surface area contributed by atoms with Gasteiger partial charge in [0.05, 0.1) is 19.3 Å². The van der Waals surface area contributed by atoms with Crippen molar-refractivity contribution in [3.05, 3.63) is 18.2 Å². The predicted molar refractivity (Wildman–Crippen MR) is 66.8 cm³/mol. The molecule has 1 heterocycles. The molecule has 0 bridgehead atoms. The van der Waals surface area contributed by atoms with Crippen LogP contribution in [0.5, 0.6) is 0 Å². The standard InChI is InChI=1S/C12H23N3O2/c1-10(2)15-6-5-13-12(15)8-14(3)7-11(16)9-17-4/h5-6,10-11,16H,7-9H2,1-4H3. The van der Waals surface area contributed by atoms with E-state index in [4.69, 9.17) is 4.74 Å². The van der Waals surface area contributed by atoms with E-state index in [9.17, 15) is 5.11 Å². The summed E-state index contributed by atoms with van der Waals surface area (Å²) in [6, 6.07) is 0.407. The van der Waals surface area contributed by atoms with Gasteiger partial charge in [-0.2, -0.15) is 0 Å². The highest BCUT2D eigenvalue weighted by Gasteiger charge is 2.12. The molecule has 5 nitrogen and oxygen atoms in total. The summed E-state index contributed by atoms with van der Waals surface area (Å²) in [5.41, 5.74) is 0. The van der Waals surface area contributed by atoms with Gasteiger partial charge in [0.15, 0.2) is 0 Å². The number of rotatable bonds is 7. The van der Waals surface area contributed by atoms with Gasteiger partial charge in [-0.05, 0) is 20.9 Å². The number of likely N-dealkylation sites (N-methyl/N-ethyl adjacent to an activating group) is 1. The summed E-state index contributed by atoms with van der Waals surface area (Å²) in [5.74, 6) is 1.02. The van der Waals surface area contributed by atoms with Crippen LogP contribution in [0.25, 0.3) is 0 Å². The number of hydrogen-bond donors (Lipinski definition) is 1. The maximum atomic E-state index is 9.63. The molecule has 1 aromatic rings. The molecule has 1 N–H and O–H groups in total. The highest BCUT2D eigenvalue weighted by atomic mass is 16.5. The summed E-state index contributed by atoms with van der Waals surface area (Å²) in [7, 11) is 3.56. The van der Waals surface area contributed by atoms with Crippen molar-refractivity contribution in [2.45, 2.75) is 32.5 Å². The number of hydrogen-bond acceptors (Lipinski definition) is 4. The normalized spacial score (nSPS) is 13.6. The van der Waals surface area contributed by atoms with E-state index in [1.54, 1.807) is 7.11 Å². The first kappa shape index (κ1) is 14.2. The fourth-order valence-corrected chi connectivity index (χ4v) is 1.85. The quantitative estimate of drug-likeness (QED) is 0.770. The molecule has 0 spiro atoms. The van der Waals surface area contributed by atoms with E-state index in [1.807, 2.05) is 24.3 Å². The monoisotopic (exact) mass is 241 g/mol. The Hall–Kier alpha value is -0.910. The lowest BCUT2D eigenvalue weighted by molar-refractivity contribution is 0.0412. The number of imidazole rings is 1. The maximum Gasteiger partial charge on any atom is 0.123 e. The van der Waals surface area contributed by atoms with Gasteiger partial charge in [0.1, 0.15) is 5.82 Å². The molecule has 0 aromatic carbocycles. The zero-order valence-corrected chi connectivity index (χ0v) is 11.1. The van der Waals surface area contributed by atoms with Crippen molar-refractivity contribution in [2.75, 3.05) is 27.3 Å². The van der Waals surface area contributed by atoms with Gasteiger partial charge in [0.25, 0.3) is 0 Å². The van der Waals surface area contributed by atoms with Crippen molar-refractivity contribution in [1.29, 1.82) is 0 Å². The molecule has 5 heteroatoms.